The van der Waals surface area contributed by atoms with Crippen LogP contribution in [0.25, 0.3) is 0 Å². The first-order valence-corrected chi connectivity index (χ1v) is 5.24. The van der Waals surface area contributed by atoms with E-state index >= 15 is 0 Å². The summed E-state index contributed by atoms with van der Waals surface area (Å²) in [6.45, 7) is 1.86. The second-order valence-corrected chi connectivity index (χ2v) is 3.68. The van der Waals surface area contributed by atoms with Gasteiger partial charge in [-0.05, 0) is 37.3 Å². The molecule has 1 heterocycles. The second-order valence-electron chi connectivity index (χ2n) is 3.68. The fourth-order valence-corrected chi connectivity index (χ4v) is 1.52. The number of aromatic nitrogens is 2. The standard InChI is InChI=1S/C13H12N4/c1-10-15-8-7-13(16-10)17(2)12-5-3-11(9-14)4-6-12/h3-8H,1-2H3. The van der Waals surface area contributed by atoms with Crippen LogP contribution in [0.4, 0.5) is 11.5 Å². The zero-order valence-electron chi connectivity index (χ0n) is 9.75. The molecule has 0 atom stereocenters. The molecule has 0 saturated carbocycles. The predicted molar refractivity (Wildman–Crippen MR) is 66.0 cm³/mol. The van der Waals surface area contributed by atoms with E-state index in [1.54, 1.807) is 18.3 Å². The predicted octanol–water partition coefficient (Wildman–Crippen LogP) is 2.42. The van der Waals surface area contributed by atoms with Crippen molar-refractivity contribution in [2.24, 2.45) is 0 Å². The van der Waals surface area contributed by atoms with Gasteiger partial charge in [0.1, 0.15) is 11.6 Å². The van der Waals surface area contributed by atoms with E-state index in [0.29, 0.717) is 5.56 Å². The lowest BCUT2D eigenvalue weighted by molar-refractivity contribution is 1.01. The van der Waals surface area contributed by atoms with E-state index in [1.807, 2.05) is 37.1 Å². The number of nitrogens with zero attached hydrogens (tertiary/aromatic N) is 4. The molecule has 0 spiro atoms. The summed E-state index contributed by atoms with van der Waals surface area (Å²) in [6.07, 6.45) is 1.73. The van der Waals surface area contributed by atoms with Crippen LogP contribution in [0.1, 0.15) is 11.4 Å². The molecule has 1 aromatic carbocycles. The molecule has 0 aliphatic heterocycles. The van der Waals surface area contributed by atoms with Crippen LogP contribution in [0, 0.1) is 18.3 Å². The number of anilines is 2. The maximum atomic E-state index is 8.74. The van der Waals surface area contributed by atoms with Crippen molar-refractivity contribution in [3.63, 3.8) is 0 Å². The lowest BCUT2D eigenvalue weighted by atomic mass is 10.2. The van der Waals surface area contributed by atoms with Gasteiger partial charge in [0.2, 0.25) is 0 Å². The highest BCUT2D eigenvalue weighted by Gasteiger charge is 2.05. The summed E-state index contributed by atoms with van der Waals surface area (Å²) >= 11 is 0. The summed E-state index contributed by atoms with van der Waals surface area (Å²) in [5, 5.41) is 8.74. The highest BCUT2D eigenvalue weighted by molar-refractivity contribution is 5.59. The fourth-order valence-electron chi connectivity index (χ4n) is 1.52. The smallest absolute Gasteiger partial charge is 0.136 e. The van der Waals surface area contributed by atoms with Crippen molar-refractivity contribution in [2.45, 2.75) is 6.92 Å². The van der Waals surface area contributed by atoms with Gasteiger partial charge in [0.25, 0.3) is 0 Å². The summed E-state index contributed by atoms with van der Waals surface area (Å²) < 4.78 is 0. The molecule has 1 aromatic heterocycles. The first kappa shape index (κ1) is 11.1. The fraction of sp³-hybridized carbons (Fsp3) is 0.154. The molecule has 4 heteroatoms. The molecule has 84 valence electrons. The van der Waals surface area contributed by atoms with E-state index < -0.39 is 0 Å². The van der Waals surface area contributed by atoms with E-state index in [9.17, 15) is 0 Å². The third-order valence-corrected chi connectivity index (χ3v) is 2.49. The minimum atomic E-state index is 0.654. The summed E-state index contributed by atoms with van der Waals surface area (Å²) in [6, 6.07) is 11.3. The first-order chi connectivity index (χ1) is 8.20. The Balaban J connectivity index is 2.30. The van der Waals surface area contributed by atoms with Gasteiger partial charge in [0, 0.05) is 18.9 Å². The molecule has 0 N–H and O–H groups in total. The minimum Gasteiger partial charge on any atom is -0.329 e. The van der Waals surface area contributed by atoms with Crippen molar-refractivity contribution in [3.05, 3.63) is 47.9 Å². The molecule has 17 heavy (non-hydrogen) atoms. The highest BCUT2D eigenvalue weighted by atomic mass is 15.2. The van der Waals surface area contributed by atoms with E-state index in [-0.39, 0.29) is 0 Å². The van der Waals surface area contributed by atoms with Crippen molar-refractivity contribution < 1.29 is 0 Å². The monoisotopic (exact) mass is 224 g/mol. The van der Waals surface area contributed by atoms with Crippen LogP contribution in [0.3, 0.4) is 0 Å². The van der Waals surface area contributed by atoms with Crippen LogP contribution in [0.15, 0.2) is 36.5 Å². The summed E-state index contributed by atoms with van der Waals surface area (Å²) in [7, 11) is 1.93. The SMILES string of the molecule is Cc1nccc(N(C)c2ccc(C#N)cc2)n1. The first-order valence-electron chi connectivity index (χ1n) is 5.24. The summed E-state index contributed by atoms with van der Waals surface area (Å²) in [4.78, 5) is 10.4. The highest BCUT2D eigenvalue weighted by Crippen LogP contribution is 2.21. The largest absolute Gasteiger partial charge is 0.329 e. The number of hydrogen-bond acceptors (Lipinski definition) is 4. The molecule has 2 aromatic rings. The van der Waals surface area contributed by atoms with Gasteiger partial charge >= 0.3 is 0 Å². The Labute approximate surface area is 100 Å². The lowest BCUT2D eigenvalue weighted by Crippen LogP contribution is -2.11. The van der Waals surface area contributed by atoms with Crippen LogP contribution in [-0.4, -0.2) is 17.0 Å². The number of aryl methyl sites for hydroxylation is 1. The Hall–Kier alpha value is -2.41. The van der Waals surface area contributed by atoms with Crippen molar-refractivity contribution in [1.29, 1.82) is 5.26 Å². The van der Waals surface area contributed by atoms with Crippen LogP contribution in [0.2, 0.25) is 0 Å². The molecule has 0 bridgehead atoms. The van der Waals surface area contributed by atoms with Gasteiger partial charge in [-0.1, -0.05) is 0 Å². The molecule has 0 aliphatic rings. The van der Waals surface area contributed by atoms with Crippen molar-refractivity contribution in [1.82, 2.24) is 9.97 Å². The van der Waals surface area contributed by atoms with Crippen molar-refractivity contribution in [3.8, 4) is 6.07 Å². The van der Waals surface area contributed by atoms with Gasteiger partial charge in [-0.15, -0.1) is 0 Å². The molecule has 0 unspecified atom stereocenters. The van der Waals surface area contributed by atoms with Gasteiger partial charge < -0.3 is 4.90 Å². The number of rotatable bonds is 2. The quantitative estimate of drug-likeness (QED) is 0.786. The summed E-state index contributed by atoms with van der Waals surface area (Å²) in [5.41, 5.74) is 1.64. The molecule has 0 saturated heterocycles. The molecule has 2 rings (SSSR count). The van der Waals surface area contributed by atoms with E-state index in [1.165, 1.54) is 0 Å². The molecule has 0 radical (unpaired) electrons. The average Bonchev–Trinajstić information content (AvgIpc) is 2.38. The Kier molecular flexibility index (Phi) is 3.01. The van der Waals surface area contributed by atoms with Crippen molar-refractivity contribution in [2.75, 3.05) is 11.9 Å². The van der Waals surface area contributed by atoms with Crippen molar-refractivity contribution >= 4 is 11.5 Å². The second kappa shape index (κ2) is 4.62. The third kappa shape index (κ3) is 2.40. The van der Waals surface area contributed by atoms with Crippen LogP contribution in [0.5, 0.6) is 0 Å². The van der Waals surface area contributed by atoms with E-state index in [2.05, 4.69) is 16.0 Å². The Bertz CT molecular complexity index is 554. The molecular formula is C13H12N4. The van der Waals surface area contributed by atoms with Gasteiger partial charge in [-0.2, -0.15) is 5.26 Å². The Morgan fingerprint density at radius 1 is 1.18 bits per heavy atom. The number of nitriles is 1. The lowest BCUT2D eigenvalue weighted by Gasteiger charge is -2.18. The number of hydrogen-bond donors (Lipinski definition) is 0. The minimum absolute atomic E-state index is 0.654. The maximum absolute atomic E-state index is 8.74. The molecule has 0 fully saturated rings. The van der Waals surface area contributed by atoms with Crippen LogP contribution < -0.4 is 4.90 Å². The normalized spacial score (nSPS) is 9.71. The Morgan fingerprint density at radius 2 is 1.88 bits per heavy atom. The third-order valence-electron chi connectivity index (χ3n) is 2.49. The molecular weight excluding hydrogens is 212 g/mol. The van der Waals surface area contributed by atoms with Crippen LogP contribution >= 0.6 is 0 Å². The van der Waals surface area contributed by atoms with E-state index in [4.69, 9.17) is 5.26 Å². The summed E-state index contributed by atoms with van der Waals surface area (Å²) in [5.74, 6) is 1.57. The van der Waals surface area contributed by atoms with Crippen LogP contribution in [-0.2, 0) is 0 Å². The maximum Gasteiger partial charge on any atom is 0.136 e. The van der Waals surface area contributed by atoms with Gasteiger partial charge in [0.15, 0.2) is 0 Å². The molecule has 0 aliphatic carbocycles. The zero-order valence-corrected chi connectivity index (χ0v) is 9.75. The topological polar surface area (TPSA) is 52.8 Å². The Morgan fingerprint density at radius 3 is 2.47 bits per heavy atom. The molecule has 0 amide bonds. The number of benzene rings is 1. The van der Waals surface area contributed by atoms with Gasteiger partial charge in [-0.25, -0.2) is 9.97 Å². The van der Waals surface area contributed by atoms with Gasteiger partial charge in [0.05, 0.1) is 11.6 Å². The zero-order chi connectivity index (χ0) is 12.3. The molecule has 4 nitrogen and oxygen atoms in total. The van der Waals surface area contributed by atoms with Gasteiger partial charge in [-0.3, -0.25) is 0 Å². The average molecular weight is 224 g/mol. The van der Waals surface area contributed by atoms with E-state index in [0.717, 1.165) is 17.3 Å².